The Hall–Kier alpha value is -0.530. The molecule has 2 heteroatoms. The van der Waals surface area contributed by atoms with Crippen LogP contribution in [0.1, 0.15) is 125 Å². The van der Waals surface area contributed by atoms with Crippen molar-refractivity contribution in [1.29, 1.82) is 0 Å². The quantitative estimate of drug-likeness (QED) is 0.291. The Bertz CT molecular complexity index is 293. The standard InChI is InChI=1S/C22H45NO/c1-6-8-10-12-14-15-17-19-21(24)23(22(3,4)5)20-18-16-13-11-9-7-2/h6-20H2,1-5H3. The Morgan fingerprint density at radius 3 is 1.54 bits per heavy atom. The highest BCUT2D eigenvalue weighted by Gasteiger charge is 2.25. The molecular formula is C22H45NO. The summed E-state index contributed by atoms with van der Waals surface area (Å²) in [5.74, 6) is 0.365. The summed E-state index contributed by atoms with van der Waals surface area (Å²) in [6, 6.07) is 0. The molecule has 0 aromatic heterocycles. The van der Waals surface area contributed by atoms with E-state index in [1.807, 2.05) is 0 Å². The van der Waals surface area contributed by atoms with Crippen LogP contribution in [0.5, 0.6) is 0 Å². The molecule has 0 heterocycles. The molecule has 0 N–H and O–H groups in total. The molecule has 1 amide bonds. The van der Waals surface area contributed by atoms with Crippen LogP contribution in [0.3, 0.4) is 0 Å². The molecule has 0 rings (SSSR count). The fourth-order valence-corrected chi connectivity index (χ4v) is 3.25. The fraction of sp³-hybridized carbons (Fsp3) is 0.955. The van der Waals surface area contributed by atoms with Crippen LogP contribution >= 0.6 is 0 Å². The van der Waals surface area contributed by atoms with Crippen molar-refractivity contribution >= 4 is 5.91 Å². The van der Waals surface area contributed by atoms with Gasteiger partial charge in [-0.15, -0.1) is 0 Å². The summed E-state index contributed by atoms with van der Waals surface area (Å²) < 4.78 is 0. The zero-order valence-corrected chi connectivity index (χ0v) is 17.5. The highest BCUT2D eigenvalue weighted by atomic mass is 16.2. The normalized spacial score (nSPS) is 11.7. The van der Waals surface area contributed by atoms with Gasteiger partial charge in [0.15, 0.2) is 0 Å². The lowest BCUT2D eigenvalue weighted by Crippen LogP contribution is -2.46. The van der Waals surface area contributed by atoms with Gasteiger partial charge in [0.05, 0.1) is 0 Å². The van der Waals surface area contributed by atoms with Crippen LogP contribution in [0.25, 0.3) is 0 Å². The van der Waals surface area contributed by atoms with Crippen LogP contribution in [0.4, 0.5) is 0 Å². The number of hydrogen-bond acceptors (Lipinski definition) is 1. The molecule has 0 saturated carbocycles. The van der Waals surface area contributed by atoms with Gasteiger partial charge in [0, 0.05) is 18.5 Å². The van der Waals surface area contributed by atoms with E-state index in [1.54, 1.807) is 0 Å². The third-order valence-corrected chi connectivity index (χ3v) is 4.84. The minimum Gasteiger partial charge on any atom is -0.338 e. The van der Waals surface area contributed by atoms with Crippen molar-refractivity contribution in [3.63, 3.8) is 0 Å². The summed E-state index contributed by atoms with van der Waals surface area (Å²) in [6.45, 7) is 12.0. The number of unbranched alkanes of at least 4 members (excludes halogenated alkanes) is 11. The summed E-state index contributed by atoms with van der Waals surface area (Å²) in [4.78, 5) is 14.7. The summed E-state index contributed by atoms with van der Waals surface area (Å²) >= 11 is 0. The average Bonchev–Trinajstić information content (AvgIpc) is 2.52. The lowest BCUT2D eigenvalue weighted by molar-refractivity contribution is -0.136. The molecule has 0 saturated heterocycles. The minimum atomic E-state index is -0.0401. The molecule has 0 fully saturated rings. The van der Waals surface area contributed by atoms with E-state index in [2.05, 4.69) is 39.5 Å². The second-order valence-corrected chi connectivity index (χ2v) is 8.36. The first-order valence-electron chi connectivity index (χ1n) is 10.7. The third kappa shape index (κ3) is 12.8. The molecule has 0 atom stereocenters. The number of rotatable bonds is 15. The molecule has 144 valence electrons. The lowest BCUT2D eigenvalue weighted by atomic mass is 10.0. The van der Waals surface area contributed by atoms with Crippen molar-refractivity contribution in [1.82, 2.24) is 4.90 Å². The maximum absolute atomic E-state index is 12.6. The summed E-state index contributed by atoms with van der Waals surface area (Å²) in [5.41, 5.74) is -0.0401. The maximum atomic E-state index is 12.6. The topological polar surface area (TPSA) is 20.3 Å². The first-order valence-corrected chi connectivity index (χ1v) is 10.7. The number of carbonyl (C=O) groups excluding carboxylic acids is 1. The van der Waals surface area contributed by atoms with Gasteiger partial charge in [-0.2, -0.15) is 0 Å². The highest BCUT2D eigenvalue weighted by molar-refractivity contribution is 5.76. The summed E-state index contributed by atoms with van der Waals surface area (Å²) in [5, 5.41) is 0. The first kappa shape index (κ1) is 23.5. The average molecular weight is 340 g/mol. The Morgan fingerprint density at radius 1 is 0.667 bits per heavy atom. The van der Waals surface area contributed by atoms with E-state index in [-0.39, 0.29) is 5.54 Å². The largest absolute Gasteiger partial charge is 0.338 e. The monoisotopic (exact) mass is 339 g/mol. The van der Waals surface area contributed by atoms with Crippen LogP contribution in [0.2, 0.25) is 0 Å². The molecule has 0 unspecified atom stereocenters. The Kier molecular flexibility index (Phi) is 14.5. The van der Waals surface area contributed by atoms with Crippen molar-refractivity contribution in [2.24, 2.45) is 0 Å². The molecule has 0 radical (unpaired) electrons. The van der Waals surface area contributed by atoms with Crippen LogP contribution in [-0.4, -0.2) is 22.9 Å². The van der Waals surface area contributed by atoms with Crippen molar-refractivity contribution in [2.75, 3.05) is 6.54 Å². The summed E-state index contributed by atoms with van der Waals surface area (Å²) in [6.07, 6.45) is 17.4. The van der Waals surface area contributed by atoms with Crippen LogP contribution in [0.15, 0.2) is 0 Å². The van der Waals surface area contributed by atoms with Gasteiger partial charge in [-0.1, -0.05) is 84.5 Å². The van der Waals surface area contributed by atoms with Crippen LogP contribution in [-0.2, 0) is 4.79 Å². The van der Waals surface area contributed by atoms with Gasteiger partial charge in [-0.05, 0) is 33.6 Å². The van der Waals surface area contributed by atoms with Gasteiger partial charge in [-0.3, -0.25) is 4.79 Å². The van der Waals surface area contributed by atoms with E-state index in [1.165, 1.54) is 70.6 Å². The minimum absolute atomic E-state index is 0.0401. The number of carbonyl (C=O) groups is 1. The summed E-state index contributed by atoms with van der Waals surface area (Å²) in [7, 11) is 0. The molecule has 0 spiro atoms. The molecular weight excluding hydrogens is 294 g/mol. The highest BCUT2D eigenvalue weighted by Crippen LogP contribution is 2.18. The first-order chi connectivity index (χ1) is 11.4. The molecule has 24 heavy (non-hydrogen) atoms. The van der Waals surface area contributed by atoms with E-state index in [0.29, 0.717) is 5.91 Å². The van der Waals surface area contributed by atoms with Crippen LogP contribution in [0, 0.1) is 0 Å². The van der Waals surface area contributed by atoms with Gasteiger partial charge in [0.2, 0.25) is 5.91 Å². The fourth-order valence-electron chi connectivity index (χ4n) is 3.25. The second-order valence-electron chi connectivity index (χ2n) is 8.36. The van der Waals surface area contributed by atoms with E-state index in [4.69, 9.17) is 0 Å². The van der Waals surface area contributed by atoms with Gasteiger partial charge in [0.1, 0.15) is 0 Å². The zero-order valence-electron chi connectivity index (χ0n) is 17.5. The van der Waals surface area contributed by atoms with Crippen molar-refractivity contribution < 1.29 is 4.79 Å². The molecule has 0 aliphatic carbocycles. The van der Waals surface area contributed by atoms with E-state index in [0.717, 1.165) is 25.8 Å². The molecule has 0 aromatic carbocycles. The Labute approximate surface area is 152 Å². The predicted octanol–water partition coefficient (Wildman–Crippen LogP) is 7.11. The smallest absolute Gasteiger partial charge is 0.222 e. The molecule has 2 nitrogen and oxygen atoms in total. The van der Waals surface area contributed by atoms with Crippen molar-refractivity contribution in [2.45, 2.75) is 130 Å². The SMILES string of the molecule is CCCCCCCCCC(=O)N(CCCCCCCC)C(C)(C)C. The van der Waals surface area contributed by atoms with Gasteiger partial charge in [0.25, 0.3) is 0 Å². The Morgan fingerprint density at radius 2 is 1.08 bits per heavy atom. The third-order valence-electron chi connectivity index (χ3n) is 4.84. The van der Waals surface area contributed by atoms with E-state index in [9.17, 15) is 4.79 Å². The molecule has 0 bridgehead atoms. The molecule has 0 aromatic rings. The van der Waals surface area contributed by atoms with E-state index < -0.39 is 0 Å². The number of hydrogen-bond donors (Lipinski definition) is 0. The van der Waals surface area contributed by atoms with Gasteiger partial charge in [-0.25, -0.2) is 0 Å². The zero-order chi connectivity index (χ0) is 18.3. The van der Waals surface area contributed by atoms with Gasteiger partial charge >= 0.3 is 0 Å². The van der Waals surface area contributed by atoms with Crippen molar-refractivity contribution in [3.05, 3.63) is 0 Å². The van der Waals surface area contributed by atoms with Crippen LogP contribution < -0.4 is 0 Å². The molecule has 0 aliphatic heterocycles. The second kappa shape index (κ2) is 14.8. The number of nitrogens with zero attached hydrogens (tertiary/aromatic N) is 1. The lowest BCUT2D eigenvalue weighted by Gasteiger charge is -2.36. The Balaban J connectivity index is 3.96. The van der Waals surface area contributed by atoms with Crippen molar-refractivity contribution in [3.8, 4) is 0 Å². The number of amides is 1. The molecule has 0 aliphatic rings. The van der Waals surface area contributed by atoms with E-state index >= 15 is 0 Å². The van der Waals surface area contributed by atoms with Gasteiger partial charge < -0.3 is 4.90 Å². The predicted molar refractivity (Wildman–Crippen MR) is 107 cm³/mol. The maximum Gasteiger partial charge on any atom is 0.222 e.